The maximum atomic E-state index is 2.40. The molecule has 0 saturated heterocycles. The molecule has 3 N–H and O–H groups in total. The van der Waals surface area contributed by atoms with Crippen LogP contribution in [0.2, 0.25) is 0 Å². The van der Waals surface area contributed by atoms with Crippen LogP contribution < -0.4 is 6.15 Å². The molecule has 0 aliphatic carbocycles. The van der Waals surface area contributed by atoms with Crippen LogP contribution in [0.1, 0.15) is 91.9 Å². The van der Waals surface area contributed by atoms with E-state index in [1.807, 2.05) is 0 Å². The van der Waals surface area contributed by atoms with E-state index in [1.165, 1.54) is 64.2 Å². The van der Waals surface area contributed by atoms with Gasteiger partial charge in [0.1, 0.15) is 0 Å². The molecule has 0 aromatic rings. The van der Waals surface area contributed by atoms with Gasteiger partial charge in [-0.25, -0.2) is 0 Å². The van der Waals surface area contributed by atoms with E-state index in [2.05, 4.69) is 27.7 Å². The second-order valence-corrected chi connectivity index (χ2v) is 5.16. The van der Waals surface area contributed by atoms with E-state index in [9.17, 15) is 0 Å². The summed E-state index contributed by atoms with van der Waals surface area (Å²) in [4.78, 5) is 0. The molecule has 0 aliphatic heterocycles. The van der Waals surface area contributed by atoms with Crippen molar-refractivity contribution in [1.82, 2.24) is 6.15 Å². The first-order valence-electron chi connectivity index (χ1n) is 7.24. The molecule has 0 rings (SSSR count). The van der Waals surface area contributed by atoms with E-state index in [0.29, 0.717) is 5.41 Å². The van der Waals surface area contributed by atoms with Gasteiger partial charge in [-0.2, -0.15) is 0 Å². The molecule has 0 atom stereocenters. The van der Waals surface area contributed by atoms with Gasteiger partial charge in [0.25, 0.3) is 0 Å². The van der Waals surface area contributed by atoms with Crippen LogP contribution >= 0.6 is 0 Å². The monoisotopic (exact) mass is 229 g/mol. The highest BCUT2D eigenvalue weighted by Crippen LogP contribution is 2.39. The van der Waals surface area contributed by atoms with Gasteiger partial charge in [-0.3, -0.25) is 0 Å². The molecule has 0 aliphatic rings. The third-order valence-electron chi connectivity index (χ3n) is 3.93. The summed E-state index contributed by atoms with van der Waals surface area (Å²) in [6.07, 6.45) is 14.2. The molecular formula is C15H35N. The van der Waals surface area contributed by atoms with Crippen LogP contribution in [0.25, 0.3) is 0 Å². The molecule has 0 spiro atoms. The number of unbranched alkanes of at least 4 members (excludes halogenated alkanes) is 3. The standard InChI is InChI=1S/C15H32.H3N/c1-5-9-12-15(8-4,13-10-6-2)14-11-7-3;/h5-14H2,1-4H3;1H3. The molecular weight excluding hydrogens is 194 g/mol. The van der Waals surface area contributed by atoms with Crippen molar-refractivity contribution in [2.75, 3.05) is 0 Å². The molecule has 100 valence electrons. The van der Waals surface area contributed by atoms with E-state index < -0.39 is 0 Å². The summed E-state index contributed by atoms with van der Waals surface area (Å²) in [5, 5.41) is 0. The zero-order valence-electron chi connectivity index (χ0n) is 12.3. The highest BCUT2D eigenvalue weighted by molar-refractivity contribution is 4.77. The fourth-order valence-corrected chi connectivity index (χ4v) is 2.56. The fourth-order valence-electron chi connectivity index (χ4n) is 2.56. The summed E-state index contributed by atoms with van der Waals surface area (Å²) in [5.41, 5.74) is 0.696. The molecule has 0 aromatic carbocycles. The molecule has 0 bridgehead atoms. The summed E-state index contributed by atoms with van der Waals surface area (Å²) in [6, 6.07) is 0. The van der Waals surface area contributed by atoms with Crippen LogP contribution in [0.15, 0.2) is 0 Å². The lowest BCUT2D eigenvalue weighted by molar-refractivity contribution is 0.191. The third-order valence-corrected chi connectivity index (χ3v) is 3.93. The topological polar surface area (TPSA) is 35.0 Å². The first kappa shape index (κ1) is 18.3. The molecule has 1 heteroatoms. The highest BCUT2D eigenvalue weighted by Gasteiger charge is 2.25. The Morgan fingerprint density at radius 3 is 1.12 bits per heavy atom. The van der Waals surface area contributed by atoms with Gasteiger partial charge < -0.3 is 6.15 Å². The second kappa shape index (κ2) is 11.4. The van der Waals surface area contributed by atoms with Gasteiger partial charge in [0.15, 0.2) is 0 Å². The van der Waals surface area contributed by atoms with Crippen molar-refractivity contribution in [3.8, 4) is 0 Å². The Hall–Kier alpha value is -0.0400. The first-order valence-corrected chi connectivity index (χ1v) is 7.24. The van der Waals surface area contributed by atoms with Gasteiger partial charge in [0.05, 0.1) is 0 Å². The van der Waals surface area contributed by atoms with Crippen molar-refractivity contribution in [3.05, 3.63) is 0 Å². The van der Waals surface area contributed by atoms with Gasteiger partial charge in [0.2, 0.25) is 0 Å². The molecule has 0 fully saturated rings. The lowest BCUT2D eigenvalue weighted by Crippen LogP contribution is -2.20. The summed E-state index contributed by atoms with van der Waals surface area (Å²) in [7, 11) is 0. The lowest BCUT2D eigenvalue weighted by atomic mass is 9.72. The van der Waals surface area contributed by atoms with Crippen molar-refractivity contribution in [2.45, 2.75) is 91.9 Å². The maximum absolute atomic E-state index is 2.40. The molecule has 16 heavy (non-hydrogen) atoms. The maximum Gasteiger partial charge on any atom is -0.0300 e. The van der Waals surface area contributed by atoms with Crippen LogP contribution in [0.4, 0.5) is 0 Å². The van der Waals surface area contributed by atoms with Crippen molar-refractivity contribution in [3.63, 3.8) is 0 Å². The normalized spacial score (nSPS) is 11.2. The Balaban J connectivity index is 0. The van der Waals surface area contributed by atoms with Crippen molar-refractivity contribution >= 4 is 0 Å². The minimum absolute atomic E-state index is 0. The molecule has 0 saturated carbocycles. The van der Waals surface area contributed by atoms with Crippen LogP contribution in [0, 0.1) is 5.41 Å². The number of hydrogen-bond acceptors (Lipinski definition) is 1. The molecule has 0 heterocycles. The van der Waals surface area contributed by atoms with Gasteiger partial charge in [-0.15, -0.1) is 0 Å². The predicted molar refractivity (Wildman–Crippen MR) is 76.3 cm³/mol. The molecule has 1 nitrogen and oxygen atoms in total. The molecule has 0 radical (unpaired) electrons. The number of hydrogen-bond donors (Lipinski definition) is 1. The van der Waals surface area contributed by atoms with Crippen LogP contribution in [-0.2, 0) is 0 Å². The average molecular weight is 229 g/mol. The molecule has 0 amide bonds. The van der Waals surface area contributed by atoms with Crippen molar-refractivity contribution in [1.29, 1.82) is 0 Å². The first-order chi connectivity index (χ1) is 7.24. The highest BCUT2D eigenvalue weighted by atomic mass is 14.3. The van der Waals surface area contributed by atoms with Crippen LogP contribution in [0.5, 0.6) is 0 Å². The van der Waals surface area contributed by atoms with Gasteiger partial charge >= 0.3 is 0 Å². The van der Waals surface area contributed by atoms with Crippen molar-refractivity contribution < 1.29 is 0 Å². The third kappa shape index (κ3) is 7.27. The Labute approximate surface area is 104 Å². The molecule has 0 unspecified atom stereocenters. The van der Waals surface area contributed by atoms with E-state index >= 15 is 0 Å². The fraction of sp³-hybridized carbons (Fsp3) is 1.00. The Morgan fingerprint density at radius 1 is 0.625 bits per heavy atom. The largest absolute Gasteiger partial charge is 0.344 e. The summed E-state index contributed by atoms with van der Waals surface area (Å²) in [5.74, 6) is 0. The van der Waals surface area contributed by atoms with Crippen LogP contribution in [0.3, 0.4) is 0 Å². The number of rotatable bonds is 10. The lowest BCUT2D eigenvalue weighted by Gasteiger charge is -2.33. The van der Waals surface area contributed by atoms with E-state index in [-0.39, 0.29) is 6.15 Å². The summed E-state index contributed by atoms with van der Waals surface area (Å²) in [6.45, 7) is 9.36. The average Bonchev–Trinajstić information content (AvgIpc) is 2.29. The predicted octanol–water partition coefficient (Wildman–Crippen LogP) is 6.12. The van der Waals surface area contributed by atoms with Gasteiger partial charge in [-0.05, 0) is 24.7 Å². The van der Waals surface area contributed by atoms with Crippen LogP contribution in [-0.4, -0.2) is 0 Å². The minimum Gasteiger partial charge on any atom is -0.344 e. The van der Waals surface area contributed by atoms with Gasteiger partial charge in [0, 0.05) is 0 Å². The van der Waals surface area contributed by atoms with Gasteiger partial charge in [-0.1, -0.05) is 72.6 Å². The SMILES string of the molecule is CCCCC(CC)(CCCC)CCCC.N. The zero-order chi connectivity index (χ0) is 11.6. The Morgan fingerprint density at radius 2 is 0.938 bits per heavy atom. The quantitative estimate of drug-likeness (QED) is 0.481. The van der Waals surface area contributed by atoms with E-state index in [1.54, 1.807) is 0 Å². The minimum atomic E-state index is 0. The Kier molecular flexibility index (Phi) is 13.1. The summed E-state index contributed by atoms with van der Waals surface area (Å²) < 4.78 is 0. The Bertz CT molecular complexity index is 110. The smallest absolute Gasteiger partial charge is 0.0300 e. The molecule has 0 aromatic heterocycles. The second-order valence-electron chi connectivity index (χ2n) is 5.16. The van der Waals surface area contributed by atoms with E-state index in [0.717, 1.165) is 0 Å². The summed E-state index contributed by atoms with van der Waals surface area (Å²) >= 11 is 0. The van der Waals surface area contributed by atoms with Crippen molar-refractivity contribution in [2.24, 2.45) is 5.41 Å². The van der Waals surface area contributed by atoms with E-state index in [4.69, 9.17) is 0 Å². The zero-order valence-corrected chi connectivity index (χ0v) is 12.3.